The summed E-state index contributed by atoms with van der Waals surface area (Å²) in [7, 11) is -1.34. The molecule has 0 rings (SSSR count). The van der Waals surface area contributed by atoms with Crippen molar-refractivity contribution in [2.45, 2.75) is 237 Å². The van der Waals surface area contributed by atoms with Crippen LogP contribution in [0.2, 0.25) is 6.04 Å². The highest BCUT2D eigenvalue weighted by molar-refractivity contribution is 14.1. The summed E-state index contributed by atoms with van der Waals surface area (Å²) in [5.41, 5.74) is 0. The number of rotatable bonds is 38. The van der Waals surface area contributed by atoms with Gasteiger partial charge in [0.05, 0.1) is 0 Å². The van der Waals surface area contributed by atoms with Gasteiger partial charge >= 0.3 is 0 Å². The van der Waals surface area contributed by atoms with E-state index in [4.69, 9.17) is 22.2 Å². The van der Waals surface area contributed by atoms with Gasteiger partial charge in [-0.05, 0) is 16.9 Å². The Kier molecular flexibility index (Phi) is 42.0. The van der Waals surface area contributed by atoms with E-state index in [-0.39, 0.29) is 0 Å². The molecule has 0 radical (unpaired) electrons. The molecule has 0 saturated heterocycles. The van der Waals surface area contributed by atoms with Crippen molar-refractivity contribution in [1.29, 1.82) is 0 Å². The minimum Gasteiger partial charge on any atom is -0.150 e. The van der Waals surface area contributed by atoms with E-state index < -0.39 is 7.42 Å². The van der Waals surface area contributed by atoms with Crippen molar-refractivity contribution >= 4 is 52.2 Å². The predicted octanol–water partition coefficient (Wildman–Crippen LogP) is 16.2. The average molecular weight is 760 g/mol. The molecule has 254 valence electrons. The van der Waals surface area contributed by atoms with Gasteiger partial charge in [0.15, 0.2) is 0 Å². The Morgan fingerprint density at radius 2 is 0.381 bits per heavy atom. The predicted molar refractivity (Wildman–Crippen MR) is 209 cm³/mol. The highest BCUT2D eigenvalue weighted by Crippen LogP contribution is 2.18. The van der Waals surface area contributed by atoms with Gasteiger partial charge in [-0.1, -0.05) is 247 Å². The molecule has 0 aliphatic carbocycles. The van der Waals surface area contributed by atoms with Crippen LogP contribution in [0.5, 0.6) is 0 Å². The van der Waals surface area contributed by atoms with Crippen LogP contribution >= 0.6 is 44.7 Å². The zero-order valence-electron chi connectivity index (χ0n) is 28.6. The molecular weight excluding hydrogens is 682 g/mol. The van der Waals surface area contributed by atoms with Gasteiger partial charge < -0.3 is 0 Å². The summed E-state index contributed by atoms with van der Waals surface area (Å²) in [6.45, 7) is 0. The standard InChI is InChI=1S/C38H77Cl2ISi/c39-42(40)38-36-34-32-30-28-26-24-22-20-18-16-14-12-10-8-6-4-2-1-3-5-7-9-11-13-15-17-19-21-23-25-27-29-31-33-35-37-41/h42H,1-38H2. The third-order valence-electron chi connectivity index (χ3n) is 9.31. The van der Waals surface area contributed by atoms with Gasteiger partial charge in [-0.25, -0.2) is 0 Å². The van der Waals surface area contributed by atoms with Gasteiger partial charge in [0, 0.05) is 0 Å². The van der Waals surface area contributed by atoms with E-state index in [1.807, 2.05) is 0 Å². The van der Waals surface area contributed by atoms with Crippen LogP contribution < -0.4 is 0 Å². The van der Waals surface area contributed by atoms with Crippen LogP contribution in [0.15, 0.2) is 0 Å². The zero-order chi connectivity index (χ0) is 30.4. The van der Waals surface area contributed by atoms with Crippen molar-refractivity contribution in [3.05, 3.63) is 0 Å². The van der Waals surface area contributed by atoms with E-state index >= 15 is 0 Å². The molecule has 0 aliphatic rings. The summed E-state index contributed by atoms with van der Waals surface area (Å²) < 4.78 is 1.34. The first-order valence-electron chi connectivity index (χ1n) is 19.6. The molecule has 0 aromatic rings. The molecule has 0 amide bonds. The summed E-state index contributed by atoms with van der Waals surface area (Å²) in [5, 5.41) is 0. The third kappa shape index (κ3) is 41.5. The molecule has 0 fully saturated rings. The molecule has 42 heavy (non-hydrogen) atoms. The second-order valence-electron chi connectivity index (χ2n) is 13.6. The lowest BCUT2D eigenvalue weighted by molar-refractivity contribution is 0.511. The molecule has 4 heteroatoms. The lowest BCUT2D eigenvalue weighted by Gasteiger charge is -2.05. The molecule has 0 spiro atoms. The first kappa shape index (κ1) is 43.5. The number of hydrogen-bond acceptors (Lipinski definition) is 0. The number of halogens is 3. The first-order chi connectivity index (χ1) is 20.8. The van der Waals surface area contributed by atoms with Gasteiger partial charge in [-0.2, -0.15) is 22.2 Å². The van der Waals surface area contributed by atoms with Gasteiger partial charge in [0.25, 0.3) is 0 Å². The molecule has 0 bridgehead atoms. The Balaban J connectivity index is 3.03. The summed E-state index contributed by atoms with van der Waals surface area (Å²) in [5.74, 6) is 0. The number of alkyl halides is 1. The quantitative estimate of drug-likeness (QED) is 0.0193. The van der Waals surface area contributed by atoms with Crippen molar-refractivity contribution in [2.75, 3.05) is 4.43 Å². The molecule has 0 nitrogen and oxygen atoms in total. The Bertz CT molecular complexity index is 462. The summed E-state index contributed by atoms with van der Waals surface area (Å²) in [6, 6.07) is 1.10. The Morgan fingerprint density at radius 1 is 0.238 bits per heavy atom. The highest BCUT2D eigenvalue weighted by Gasteiger charge is 2.01. The SMILES string of the molecule is Cl[SiH](Cl)CCCCCCCCCCCCCCCCCCCCCCCCCCCCCCCCCCCCCCI. The Labute approximate surface area is 291 Å². The van der Waals surface area contributed by atoms with Crippen LogP contribution in [-0.4, -0.2) is 11.8 Å². The molecule has 0 atom stereocenters. The summed E-state index contributed by atoms with van der Waals surface area (Å²) in [4.78, 5) is 0. The maximum absolute atomic E-state index is 5.91. The van der Waals surface area contributed by atoms with Crippen LogP contribution in [0.25, 0.3) is 0 Å². The summed E-state index contributed by atoms with van der Waals surface area (Å²) in [6.07, 6.45) is 52.7. The van der Waals surface area contributed by atoms with Crippen LogP contribution in [-0.2, 0) is 0 Å². The van der Waals surface area contributed by atoms with Gasteiger partial charge in [-0.3, -0.25) is 0 Å². The van der Waals surface area contributed by atoms with Crippen LogP contribution in [0.1, 0.15) is 231 Å². The maximum atomic E-state index is 5.91. The topological polar surface area (TPSA) is 0 Å². The van der Waals surface area contributed by atoms with E-state index in [1.54, 1.807) is 0 Å². The fourth-order valence-corrected chi connectivity index (χ4v) is 8.47. The smallest absolute Gasteiger partial charge is 0.150 e. The van der Waals surface area contributed by atoms with Crippen LogP contribution in [0.3, 0.4) is 0 Å². The van der Waals surface area contributed by atoms with E-state index in [2.05, 4.69) is 22.6 Å². The highest BCUT2D eigenvalue weighted by atomic mass is 127. The minimum atomic E-state index is -1.34. The van der Waals surface area contributed by atoms with Crippen LogP contribution in [0.4, 0.5) is 0 Å². The fourth-order valence-electron chi connectivity index (χ4n) is 6.40. The monoisotopic (exact) mass is 758 g/mol. The second kappa shape index (κ2) is 40.6. The average Bonchev–Trinajstić information content (AvgIpc) is 2.98. The van der Waals surface area contributed by atoms with Crippen molar-refractivity contribution in [3.63, 3.8) is 0 Å². The molecule has 0 aliphatic heterocycles. The molecule has 0 N–H and O–H groups in total. The minimum absolute atomic E-state index is 1.10. The largest absolute Gasteiger partial charge is 0.237 e. The molecule has 0 heterocycles. The van der Waals surface area contributed by atoms with E-state index in [1.165, 1.54) is 236 Å². The number of hydrogen-bond donors (Lipinski definition) is 0. The number of unbranched alkanes of at least 4 members (excludes halogenated alkanes) is 35. The normalized spacial score (nSPS) is 11.7. The Hall–Kier alpha value is 1.53. The van der Waals surface area contributed by atoms with Gasteiger partial charge in [0.1, 0.15) is 0 Å². The molecule has 0 aromatic heterocycles. The third-order valence-corrected chi connectivity index (χ3v) is 12.2. The zero-order valence-corrected chi connectivity index (χ0v) is 33.4. The van der Waals surface area contributed by atoms with E-state index in [0.717, 1.165) is 6.04 Å². The molecule has 0 unspecified atom stereocenters. The molecule has 0 saturated carbocycles. The summed E-state index contributed by atoms with van der Waals surface area (Å²) >= 11 is 14.3. The maximum Gasteiger partial charge on any atom is 0.237 e. The van der Waals surface area contributed by atoms with Gasteiger partial charge in [0.2, 0.25) is 7.42 Å². The Morgan fingerprint density at radius 3 is 0.524 bits per heavy atom. The van der Waals surface area contributed by atoms with Crippen molar-refractivity contribution in [1.82, 2.24) is 0 Å². The fraction of sp³-hybridized carbons (Fsp3) is 1.00. The van der Waals surface area contributed by atoms with E-state index in [9.17, 15) is 0 Å². The van der Waals surface area contributed by atoms with E-state index in [0.29, 0.717) is 0 Å². The molecular formula is C38H77Cl2ISi. The van der Waals surface area contributed by atoms with Crippen molar-refractivity contribution in [3.8, 4) is 0 Å². The lowest BCUT2D eigenvalue weighted by atomic mass is 10.0. The molecule has 0 aromatic carbocycles. The second-order valence-corrected chi connectivity index (χ2v) is 19.9. The van der Waals surface area contributed by atoms with Crippen molar-refractivity contribution in [2.24, 2.45) is 0 Å². The first-order valence-corrected chi connectivity index (χ1v) is 25.4. The lowest BCUT2D eigenvalue weighted by Crippen LogP contribution is -1.91. The van der Waals surface area contributed by atoms with Crippen molar-refractivity contribution < 1.29 is 0 Å². The van der Waals surface area contributed by atoms with Crippen LogP contribution in [0, 0.1) is 0 Å². The van der Waals surface area contributed by atoms with Gasteiger partial charge in [-0.15, -0.1) is 0 Å².